The van der Waals surface area contributed by atoms with Gasteiger partial charge in [0.05, 0.1) is 16.9 Å². The van der Waals surface area contributed by atoms with Gasteiger partial charge in [-0.05, 0) is 36.6 Å². The second-order valence-electron chi connectivity index (χ2n) is 8.18. The van der Waals surface area contributed by atoms with Gasteiger partial charge in [0.15, 0.2) is 11.6 Å². The quantitative estimate of drug-likeness (QED) is 0.459. The second kappa shape index (κ2) is 9.89. The van der Waals surface area contributed by atoms with Crippen molar-refractivity contribution in [2.75, 3.05) is 43.4 Å². The largest absolute Gasteiger partial charge is 0.365 e. The maximum atomic E-state index is 14.4. The summed E-state index contributed by atoms with van der Waals surface area (Å²) in [5, 5.41) is 6.35. The number of nitrogens with zero attached hydrogens (tertiary/aromatic N) is 4. The van der Waals surface area contributed by atoms with Crippen LogP contribution in [0.15, 0.2) is 49.3 Å². The third-order valence-electron chi connectivity index (χ3n) is 6.05. The third-order valence-corrected chi connectivity index (χ3v) is 6.46. The molecule has 33 heavy (non-hydrogen) atoms. The Balaban J connectivity index is 1.59. The Kier molecular flexibility index (Phi) is 6.95. The van der Waals surface area contributed by atoms with Crippen molar-refractivity contribution in [3.8, 4) is 0 Å². The molecule has 1 atom stereocenters. The molecule has 2 N–H and O–H groups in total. The molecule has 0 radical (unpaired) electrons. The predicted octanol–water partition coefficient (Wildman–Crippen LogP) is 4.42. The van der Waals surface area contributed by atoms with Crippen molar-refractivity contribution < 1.29 is 8.78 Å². The fourth-order valence-electron chi connectivity index (χ4n) is 4.08. The van der Waals surface area contributed by atoms with E-state index in [1.165, 1.54) is 0 Å². The summed E-state index contributed by atoms with van der Waals surface area (Å²) in [7, 11) is 1.91. The Morgan fingerprint density at radius 1 is 1.33 bits per heavy atom. The first-order valence-electron chi connectivity index (χ1n) is 10.8. The van der Waals surface area contributed by atoms with Crippen molar-refractivity contribution in [2.24, 2.45) is 5.92 Å². The molecule has 1 saturated heterocycles. The summed E-state index contributed by atoms with van der Waals surface area (Å²) in [6, 6.07) is 2.11. The normalized spacial score (nSPS) is 18.0. The smallest absolute Gasteiger partial charge is 0.172 e. The van der Waals surface area contributed by atoms with E-state index in [-0.39, 0.29) is 17.1 Å². The van der Waals surface area contributed by atoms with Gasteiger partial charge in [-0.25, -0.2) is 18.7 Å². The van der Waals surface area contributed by atoms with Gasteiger partial charge in [0.25, 0.3) is 0 Å². The molecule has 0 spiro atoms. The first-order valence-corrected chi connectivity index (χ1v) is 11.2. The van der Waals surface area contributed by atoms with Crippen LogP contribution < -0.4 is 15.5 Å². The van der Waals surface area contributed by atoms with Crippen LogP contribution in [0.25, 0.3) is 5.70 Å². The molecule has 0 saturated carbocycles. The molecule has 1 unspecified atom stereocenters. The van der Waals surface area contributed by atoms with E-state index in [1.807, 2.05) is 29.1 Å². The molecule has 1 aromatic heterocycles. The number of allylic oxidation sites excluding steroid dienone is 1. The van der Waals surface area contributed by atoms with Gasteiger partial charge in [0.1, 0.15) is 17.3 Å². The van der Waals surface area contributed by atoms with Gasteiger partial charge in [-0.15, -0.1) is 0 Å². The zero-order valence-corrected chi connectivity index (χ0v) is 19.3. The second-order valence-corrected chi connectivity index (χ2v) is 8.56. The average molecular weight is 473 g/mol. The number of nitrogens with one attached hydrogen (secondary N) is 2. The molecule has 2 aromatic rings. The van der Waals surface area contributed by atoms with Gasteiger partial charge in [0, 0.05) is 45.0 Å². The lowest BCUT2D eigenvalue weighted by Crippen LogP contribution is -2.35. The molecule has 2 aliphatic rings. The van der Waals surface area contributed by atoms with Crippen LogP contribution >= 0.6 is 11.6 Å². The van der Waals surface area contributed by atoms with E-state index < -0.39 is 11.6 Å². The molecule has 4 rings (SSSR count). The topological polar surface area (TPSA) is 56.3 Å². The number of rotatable bonds is 7. The highest BCUT2D eigenvalue weighted by molar-refractivity contribution is 6.31. The van der Waals surface area contributed by atoms with E-state index in [1.54, 1.807) is 6.20 Å². The molecule has 1 fully saturated rings. The van der Waals surface area contributed by atoms with Crippen LogP contribution in [0.1, 0.15) is 17.7 Å². The molecular weight excluding hydrogens is 446 g/mol. The standard InChI is InChI=1S/C24H27ClF2N6/c1-4-16(17-7-8-28-11-17)13-32(3)15(2)21-12-30-23-24(31-21)33(10-9-29-23)14-18-19(26)5-6-20(27)22(18)25/h4-6,12-13,17,28H,1-2,7-11,14H2,3H3,(H,29,30)/b16-13+. The Morgan fingerprint density at radius 2 is 2.12 bits per heavy atom. The van der Waals surface area contributed by atoms with Crippen molar-refractivity contribution in [3.63, 3.8) is 0 Å². The Bertz CT molecular complexity index is 1100. The van der Waals surface area contributed by atoms with Gasteiger partial charge < -0.3 is 20.4 Å². The van der Waals surface area contributed by atoms with Crippen molar-refractivity contribution >= 4 is 28.9 Å². The maximum Gasteiger partial charge on any atom is 0.172 e. The van der Waals surface area contributed by atoms with E-state index in [2.05, 4.69) is 28.8 Å². The molecular formula is C24H27ClF2N6. The number of halogens is 3. The number of anilines is 2. The number of benzene rings is 1. The SMILES string of the molecule is C=C/C(=C\N(C)C(=C)c1cnc2c(n1)N(Cc1c(F)ccc(F)c1Cl)CCN2)C1CCNC1. The predicted molar refractivity (Wildman–Crippen MR) is 129 cm³/mol. The summed E-state index contributed by atoms with van der Waals surface area (Å²) in [6.07, 6.45) is 6.62. The Labute approximate surface area is 197 Å². The fraction of sp³-hybridized carbons (Fsp3) is 0.333. The first-order chi connectivity index (χ1) is 15.9. The Morgan fingerprint density at radius 3 is 2.85 bits per heavy atom. The minimum Gasteiger partial charge on any atom is -0.365 e. The molecule has 1 aromatic carbocycles. The van der Waals surface area contributed by atoms with E-state index in [0.717, 1.165) is 37.2 Å². The van der Waals surface area contributed by atoms with E-state index in [0.29, 0.717) is 42.0 Å². The zero-order valence-electron chi connectivity index (χ0n) is 18.5. The summed E-state index contributed by atoms with van der Waals surface area (Å²) >= 11 is 6.05. The molecule has 0 bridgehead atoms. The number of hydrogen-bond donors (Lipinski definition) is 2. The lowest BCUT2D eigenvalue weighted by atomic mass is 9.99. The van der Waals surface area contributed by atoms with Gasteiger partial charge in [0.2, 0.25) is 0 Å². The van der Waals surface area contributed by atoms with E-state index in [9.17, 15) is 8.78 Å². The lowest BCUT2D eigenvalue weighted by Gasteiger charge is -2.31. The molecule has 6 nitrogen and oxygen atoms in total. The number of aromatic nitrogens is 2. The van der Waals surface area contributed by atoms with Crippen LogP contribution in [-0.4, -0.2) is 48.1 Å². The summed E-state index contributed by atoms with van der Waals surface area (Å²) < 4.78 is 28.3. The summed E-state index contributed by atoms with van der Waals surface area (Å²) in [5.74, 6) is 0.324. The summed E-state index contributed by atoms with van der Waals surface area (Å²) in [4.78, 5) is 13.0. The molecule has 0 amide bonds. The Hall–Kier alpha value is -2.97. The van der Waals surface area contributed by atoms with Crippen LogP contribution in [0, 0.1) is 17.6 Å². The maximum absolute atomic E-state index is 14.4. The minimum atomic E-state index is -0.652. The molecule has 174 valence electrons. The highest BCUT2D eigenvalue weighted by Crippen LogP contribution is 2.31. The molecule has 9 heteroatoms. The number of fused-ring (bicyclic) bond motifs is 1. The van der Waals surface area contributed by atoms with Crippen molar-refractivity contribution in [3.05, 3.63) is 77.3 Å². The van der Waals surface area contributed by atoms with Gasteiger partial charge >= 0.3 is 0 Å². The zero-order chi connectivity index (χ0) is 23.5. The van der Waals surface area contributed by atoms with Gasteiger partial charge in [-0.2, -0.15) is 0 Å². The van der Waals surface area contributed by atoms with E-state index in [4.69, 9.17) is 16.6 Å². The summed E-state index contributed by atoms with van der Waals surface area (Å²) in [5.41, 5.74) is 2.47. The molecule has 3 heterocycles. The number of hydrogen-bond acceptors (Lipinski definition) is 6. The molecule has 2 aliphatic heterocycles. The van der Waals surface area contributed by atoms with Gasteiger partial charge in [-0.3, -0.25) is 0 Å². The van der Waals surface area contributed by atoms with Crippen molar-refractivity contribution in [2.45, 2.75) is 13.0 Å². The lowest BCUT2D eigenvalue weighted by molar-refractivity contribution is 0.580. The first kappa shape index (κ1) is 23.2. The van der Waals surface area contributed by atoms with Crippen molar-refractivity contribution in [1.82, 2.24) is 20.2 Å². The highest BCUT2D eigenvalue weighted by atomic mass is 35.5. The average Bonchev–Trinajstić information content (AvgIpc) is 3.36. The van der Waals surface area contributed by atoms with Crippen molar-refractivity contribution in [1.29, 1.82) is 0 Å². The van der Waals surface area contributed by atoms with Crippen LogP contribution in [0.3, 0.4) is 0 Å². The van der Waals surface area contributed by atoms with Crippen LogP contribution in [-0.2, 0) is 6.54 Å². The van der Waals surface area contributed by atoms with E-state index >= 15 is 0 Å². The third kappa shape index (κ3) is 4.86. The highest BCUT2D eigenvalue weighted by Gasteiger charge is 2.24. The summed E-state index contributed by atoms with van der Waals surface area (Å²) in [6.45, 7) is 11.3. The monoisotopic (exact) mass is 472 g/mol. The van der Waals surface area contributed by atoms with Crippen LogP contribution in [0.5, 0.6) is 0 Å². The minimum absolute atomic E-state index is 0.0761. The van der Waals surface area contributed by atoms with Crippen LogP contribution in [0.4, 0.5) is 20.4 Å². The molecule has 0 aliphatic carbocycles. The van der Waals surface area contributed by atoms with Gasteiger partial charge in [-0.1, -0.05) is 30.8 Å². The fourth-order valence-corrected chi connectivity index (χ4v) is 4.30. The van der Waals surface area contributed by atoms with Crippen LogP contribution in [0.2, 0.25) is 5.02 Å².